The maximum atomic E-state index is 15.1. The summed E-state index contributed by atoms with van der Waals surface area (Å²) in [6.45, 7) is -1.28. The number of nitrogens with zero attached hydrogens (tertiary/aromatic N) is 2. The lowest BCUT2D eigenvalue weighted by Gasteiger charge is -2.38. The van der Waals surface area contributed by atoms with Crippen molar-refractivity contribution in [1.29, 1.82) is 0 Å². The molecule has 5 rings (SSSR count). The number of carboxylic acids is 1. The SMILES string of the molecule is Cn1ccc(C(F)(F)F)c(-c2cccc3c(C[C@H](NC(=O)c4c(F)cc(N5CCOC[C@@H]5C(F)(F)F)cc4F)C(=O)O)cccc23)c1=O. The van der Waals surface area contributed by atoms with Crippen LogP contribution in [0.15, 0.2) is 65.6 Å². The molecule has 4 aromatic rings. The summed E-state index contributed by atoms with van der Waals surface area (Å²) >= 11 is 0. The van der Waals surface area contributed by atoms with E-state index >= 15 is 8.78 Å². The Labute approximate surface area is 266 Å². The lowest BCUT2D eigenvalue weighted by atomic mass is 9.91. The Bertz CT molecular complexity index is 1930. The van der Waals surface area contributed by atoms with Crippen LogP contribution in [0, 0.1) is 11.6 Å². The fourth-order valence-corrected chi connectivity index (χ4v) is 5.67. The van der Waals surface area contributed by atoms with Gasteiger partial charge in [0, 0.05) is 31.9 Å². The number of benzene rings is 3. The van der Waals surface area contributed by atoms with Crippen LogP contribution in [0.3, 0.4) is 0 Å². The van der Waals surface area contributed by atoms with Gasteiger partial charge in [0.2, 0.25) is 0 Å². The van der Waals surface area contributed by atoms with Gasteiger partial charge in [-0.15, -0.1) is 0 Å². The lowest BCUT2D eigenvalue weighted by molar-refractivity contribution is -0.167. The van der Waals surface area contributed by atoms with Crippen molar-refractivity contribution in [2.24, 2.45) is 7.05 Å². The van der Waals surface area contributed by atoms with Gasteiger partial charge >= 0.3 is 18.3 Å². The third-order valence-corrected chi connectivity index (χ3v) is 7.97. The second kappa shape index (κ2) is 12.9. The first-order valence-electron chi connectivity index (χ1n) is 14.2. The first-order valence-corrected chi connectivity index (χ1v) is 14.2. The lowest BCUT2D eigenvalue weighted by Crippen LogP contribution is -2.53. The zero-order valence-corrected chi connectivity index (χ0v) is 24.8. The summed E-state index contributed by atoms with van der Waals surface area (Å²) in [5.41, 5.74) is -4.38. The van der Waals surface area contributed by atoms with Crippen LogP contribution in [0.1, 0.15) is 21.5 Å². The zero-order chi connectivity index (χ0) is 35.1. The first-order chi connectivity index (χ1) is 22.5. The van der Waals surface area contributed by atoms with Gasteiger partial charge in [-0.3, -0.25) is 9.59 Å². The van der Waals surface area contributed by atoms with Crippen molar-refractivity contribution in [3.8, 4) is 11.1 Å². The number of hydrogen-bond donors (Lipinski definition) is 2. The van der Waals surface area contributed by atoms with E-state index < -0.39 is 88.9 Å². The summed E-state index contributed by atoms with van der Waals surface area (Å²) in [6.07, 6.45) is -9.21. The molecule has 0 bridgehead atoms. The third kappa shape index (κ3) is 6.70. The fourth-order valence-electron chi connectivity index (χ4n) is 5.67. The molecule has 1 aromatic heterocycles. The van der Waals surface area contributed by atoms with Crippen LogP contribution in [-0.4, -0.2) is 59.6 Å². The van der Waals surface area contributed by atoms with Crippen LogP contribution in [-0.2, 0) is 29.2 Å². The summed E-state index contributed by atoms with van der Waals surface area (Å²) in [7, 11) is 1.28. The van der Waals surface area contributed by atoms with Crippen molar-refractivity contribution in [2.45, 2.75) is 30.9 Å². The number of aliphatic carboxylic acids is 1. The largest absolute Gasteiger partial charge is 0.480 e. The van der Waals surface area contributed by atoms with Gasteiger partial charge in [-0.05, 0) is 40.1 Å². The number of carboxylic acid groups (broad SMARTS) is 1. The Morgan fingerprint density at radius 3 is 2.27 bits per heavy atom. The van der Waals surface area contributed by atoms with Crippen LogP contribution in [0.5, 0.6) is 0 Å². The predicted molar refractivity (Wildman–Crippen MR) is 157 cm³/mol. The molecule has 2 N–H and O–H groups in total. The second-order valence-electron chi connectivity index (χ2n) is 11.0. The standard InChI is InChI=1S/C32H25F8N3O5/c1-42-9-8-21(31(35,36)37)26(29(42)45)20-7-3-5-18-16(4-2-6-19(18)20)12-24(30(46)47)41-28(44)27-22(33)13-17(14-23(27)34)43-10-11-48-15-25(43)32(38,39)40/h2-9,13-14,24-25H,10-12,15H2,1H3,(H,41,44)(H,46,47)/t24-,25+/m0/s1. The molecule has 1 aliphatic rings. The Balaban J connectivity index is 1.47. The van der Waals surface area contributed by atoms with Crippen molar-refractivity contribution in [2.75, 3.05) is 24.7 Å². The highest BCUT2D eigenvalue weighted by Crippen LogP contribution is 2.38. The van der Waals surface area contributed by atoms with E-state index in [1.54, 1.807) is 0 Å². The summed E-state index contributed by atoms with van der Waals surface area (Å²) in [6, 6.07) is 6.20. The minimum absolute atomic E-state index is 0.0870. The number of amides is 1. The van der Waals surface area contributed by atoms with Gasteiger partial charge < -0.3 is 24.6 Å². The number of carbonyl (C=O) groups excluding carboxylic acids is 1. The van der Waals surface area contributed by atoms with Crippen LogP contribution >= 0.6 is 0 Å². The molecule has 1 saturated heterocycles. The number of morpholine rings is 1. The van der Waals surface area contributed by atoms with Gasteiger partial charge in [-0.1, -0.05) is 36.4 Å². The van der Waals surface area contributed by atoms with E-state index in [-0.39, 0.29) is 35.1 Å². The van der Waals surface area contributed by atoms with E-state index in [2.05, 4.69) is 0 Å². The van der Waals surface area contributed by atoms with Crippen molar-refractivity contribution < 1.29 is 54.6 Å². The van der Waals surface area contributed by atoms with E-state index in [9.17, 15) is 45.8 Å². The number of hydrogen-bond acceptors (Lipinski definition) is 5. The van der Waals surface area contributed by atoms with Gasteiger partial charge in [0.05, 0.1) is 24.3 Å². The van der Waals surface area contributed by atoms with Gasteiger partial charge in [0.25, 0.3) is 11.5 Å². The van der Waals surface area contributed by atoms with Gasteiger partial charge in [0.1, 0.15) is 29.3 Å². The molecule has 2 heterocycles. The molecule has 8 nitrogen and oxygen atoms in total. The van der Waals surface area contributed by atoms with E-state index in [0.29, 0.717) is 17.0 Å². The smallest absolute Gasteiger partial charge is 0.417 e. The molecule has 16 heteroatoms. The highest BCUT2D eigenvalue weighted by molar-refractivity contribution is 6.00. The molecule has 1 aliphatic heterocycles. The van der Waals surface area contributed by atoms with Crippen molar-refractivity contribution in [1.82, 2.24) is 9.88 Å². The van der Waals surface area contributed by atoms with E-state index in [4.69, 9.17) is 4.74 Å². The molecule has 254 valence electrons. The molecule has 0 radical (unpaired) electrons. The fraction of sp³-hybridized carbons (Fsp3) is 0.281. The maximum Gasteiger partial charge on any atom is 0.417 e. The Morgan fingerprint density at radius 1 is 1.00 bits per heavy atom. The van der Waals surface area contributed by atoms with Crippen molar-refractivity contribution in [3.63, 3.8) is 0 Å². The first kappa shape index (κ1) is 34.3. The number of nitrogens with one attached hydrogen (secondary N) is 1. The van der Waals surface area contributed by atoms with Gasteiger partial charge in [-0.2, -0.15) is 26.3 Å². The highest BCUT2D eigenvalue weighted by Gasteiger charge is 2.46. The Kier molecular flexibility index (Phi) is 9.23. The molecule has 1 fully saturated rings. The molecule has 0 aliphatic carbocycles. The number of alkyl halides is 6. The molecular weight excluding hydrogens is 658 g/mol. The molecular formula is C32H25F8N3O5. The average molecular weight is 684 g/mol. The topological polar surface area (TPSA) is 101 Å². The molecule has 3 aromatic carbocycles. The summed E-state index contributed by atoms with van der Waals surface area (Å²) in [4.78, 5) is 38.8. The molecule has 1 amide bonds. The molecule has 0 saturated carbocycles. The number of pyridine rings is 1. The zero-order valence-electron chi connectivity index (χ0n) is 24.8. The summed E-state index contributed by atoms with van der Waals surface area (Å²) < 4.78 is 118. The van der Waals surface area contributed by atoms with Gasteiger partial charge in [0.15, 0.2) is 0 Å². The number of ether oxygens (including phenoxy) is 1. The third-order valence-electron chi connectivity index (χ3n) is 7.97. The Morgan fingerprint density at radius 2 is 1.65 bits per heavy atom. The minimum atomic E-state index is -4.88. The number of aromatic nitrogens is 1. The van der Waals surface area contributed by atoms with Crippen LogP contribution < -0.4 is 15.8 Å². The summed E-state index contributed by atoms with van der Waals surface area (Å²) in [5.74, 6) is -6.23. The number of aryl methyl sites for hydroxylation is 1. The number of halogens is 8. The number of rotatable bonds is 7. The van der Waals surface area contributed by atoms with Crippen molar-refractivity contribution >= 4 is 28.3 Å². The van der Waals surface area contributed by atoms with Crippen molar-refractivity contribution in [3.05, 3.63) is 99.5 Å². The van der Waals surface area contributed by atoms with Gasteiger partial charge in [-0.25, -0.2) is 13.6 Å². The van der Waals surface area contributed by atoms with Crippen LogP contribution in [0.25, 0.3) is 21.9 Å². The maximum absolute atomic E-state index is 15.1. The molecule has 0 unspecified atom stereocenters. The molecule has 48 heavy (non-hydrogen) atoms. The normalized spacial score (nSPS) is 16.2. The van der Waals surface area contributed by atoms with E-state index in [0.717, 1.165) is 16.8 Å². The van der Waals surface area contributed by atoms with E-state index in [1.807, 2.05) is 5.32 Å². The number of fused-ring (bicyclic) bond motifs is 1. The second-order valence-corrected chi connectivity index (χ2v) is 11.0. The predicted octanol–water partition coefficient (Wildman–Crippen LogP) is 5.70. The average Bonchev–Trinajstić information content (AvgIpc) is 3.00. The number of carbonyl (C=O) groups is 2. The Hall–Kier alpha value is -4.99. The molecule has 2 atom stereocenters. The van der Waals surface area contributed by atoms with E-state index in [1.165, 1.54) is 43.4 Å². The molecule has 0 spiro atoms. The number of anilines is 1. The monoisotopic (exact) mass is 683 g/mol. The van der Waals surface area contributed by atoms with Crippen LogP contribution in [0.4, 0.5) is 40.8 Å². The quantitative estimate of drug-likeness (QED) is 0.243. The minimum Gasteiger partial charge on any atom is -0.480 e. The summed E-state index contributed by atoms with van der Waals surface area (Å²) in [5, 5.41) is 12.3. The highest BCUT2D eigenvalue weighted by atomic mass is 19.4. The van der Waals surface area contributed by atoms with Crippen LogP contribution in [0.2, 0.25) is 0 Å².